The van der Waals surface area contributed by atoms with Crippen LogP contribution in [0.2, 0.25) is 0 Å². The Hall–Kier alpha value is -2.70. The Labute approximate surface area is 101 Å². The first-order valence-corrected chi connectivity index (χ1v) is 4.89. The lowest BCUT2D eigenvalue weighted by Crippen LogP contribution is -1.94. The highest BCUT2D eigenvalue weighted by molar-refractivity contribution is 5.45. The van der Waals surface area contributed by atoms with Gasteiger partial charge in [0, 0.05) is 12.1 Å². The molecule has 6 nitrogen and oxygen atoms in total. The van der Waals surface area contributed by atoms with Crippen molar-refractivity contribution in [2.45, 2.75) is 0 Å². The minimum absolute atomic E-state index is 0.00283. The van der Waals surface area contributed by atoms with Gasteiger partial charge in [0.1, 0.15) is 23.5 Å². The summed E-state index contributed by atoms with van der Waals surface area (Å²) in [7, 11) is 0. The van der Waals surface area contributed by atoms with Crippen LogP contribution in [0.3, 0.4) is 0 Å². The zero-order valence-electron chi connectivity index (χ0n) is 9.04. The van der Waals surface area contributed by atoms with E-state index >= 15 is 0 Å². The highest BCUT2D eigenvalue weighted by Crippen LogP contribution is 2.25. The molecule has 0 aliphatic rings. The Morgan fingerprint density at radius 2 is 2.00 bits per heavy atom. The number of anilines is 1. The molecule has 18 heavy (non-hydrogen) atoms. The highest BCUT2D eigenvalue weighted by Gasteiger charge is 2.09. The maximum absolute atomic E-state index is 13.2. The predicted octanol–water partition coefficient (Wildman–Crippen LogP) is 2.50. The van der Waals surface area contributed by atoms with Crippen LogP contribution in [-0.4, -0.2) is 9.91 Å². The fourth-order valence-corrected chi connectivity index (χ4v) is 1.27. The molecule has 0 saturated carbocycles. The molecule has 1 aromatic heterocycles. The van der Waals surface area contributed by atoms with Gasteiger partial charge in [0.2, 0.25) is 0 Å². The van der Waals surface area contributed by atoms with Gasteiger partial charge in [-0.2, -0.15) is 0 Å². The Balaban J connectivity index is 2.25. The smallest absolute Gasteiger partial charge is 0.367 e. The number of nitrogens with two attached hydrogens (primary N) is 1. The van der Waals surface area contributed by atoms with Crippen molar-refractivity contribution >= 4 is 11.5 Å². The van der Waals surface area contributed by atoms with Gasteiger partial charge in [0.05, 0.1) is 11.8 Å². The van der Waals surface area contributed by atoms with Gasteiger partial charge in [-0.1, -0.05) is 0 Å². The van der Waals surface area contributed by atoms with Crippen LogP contribution < -0.4 is 10.5 Å². The summed E-state index contributed by atoms with van der Waals surface area (Å²) in [5, 5.41) is 10.5. The van der Waals surface area contributed by atoms with Crippen LogP contribution >= 0.6 is 0 Å². The van der Waals surface area contributed by atoms with Gasteiger partial charge in [0.25, 0.3) is 0 Å². The summed E-state index contributed by atoms with van der Waals surface area (Å²) in [5.41, 5.74) is 5.32. The van der Waals surface area contributed by atoms with Crippen molar-refractivity contribution in [1.29, 1.82) is 0 Å². The minimum atomic E-state index is -0.642. The van der Waals surface area contributed by atoms with E-state index in [2.05, 4.69) is 4.98 Å². The molecule has 0 saturated heterocycles. The van der Waals surface area contributed by atoms with Crippen molar-refractivity contribution in [2.24, 2.45) is 0 Å². The Morgan fingerprint density at radius 1 is 1.28 bits per heavy atom. The molecule has 1 heterocycles. The first-order valence-electron chi connectivity index (χ1n) is 4.89. The van der Waals surface area contributed by atoms with Crippen molar-refractivity contribution in [3.8, 4) is 11.5 Å². The van der Waals surface area contributed by atoms with E-state index in [9.17, 15) is 14.5 Å². The maximum atomic E-state index is 13.2. The molecule has 0 aliphatic heterocycles. The number of ether oxygens (including phenoxy) is 1. The maximum Gasteiger partial charge on any atom is 0.367 e. The molecular weight excluding hydrogens is 241 g/mol. The Kier molecular flexibility index (Phi) is 3.05. The summed E-state index contributed by atoms with van der Waals surface area (Å²) in [5.74, 6) is -0.567. The second kappa shape index (κ2) is 4.66. The molecule has 0 aliphatic carbocycles. The summed E-state index contributed by atoms with van der Waals surface area (Å²) in [6.45, 7) is 0. The van der Waals surface area contributed by atoms with E-state index in [1.807, 2.05) is 0 Å². The molecule has 0 atom stereocenters. The predicted molar refractivity (Wildman–Crippen MR) is 61.8 cm³/mol. The van der Waals surface area contributed by atoms with E-state index in [4.69, 9.17) is 10.5 Å². The Morgan fingerprint density at radius 3 is 2.67 bits per heavy atom. The van der Waals surface area contributed by atoms with Crippen molar-refractivity contribution in [2.75, 3.05) is 5.73 Å². The fraction of sp³-hybridized carbons (Fsp3) is 0. The SMILES string of the molecule is Nc1ccc(Oc2ccnc([N+](=O)[O-])c2)cc1F. The van der Waals surface area contributed by atoms with Gasteiger partial charge in [0.15, 0.2) is 0 Å². The molecule has 0 fully saturated rings. The third kappa shape index (κ3) is 2.51. The molecule has 7 heteroatoms. The lowest BCUT2D eigenvalue weighted by atomic mass is 10.3. The summed E-state index contributed by atoms with van der Waals surface area (Å²) in [6, 6.07) is 6.49. The first-order chi connectivity index (χ1) is 8.56. The number of pyridine rings is 1. The molecule has 1 aromatic carbocycles. The van der Waals surface area contributed by atoms with Crippen LogP contribution in [-0.2, 0) is 0 Å². The summed E-state index contributed by atoms with van der Waals surface area (Å²) in [4.78, 5) is 13.4. The quantitative estimate of drug-likeness (QED) is 0.512. The molecular formula is C11H8FN3O3. The van der Waals surface area contributed by atoms with Crippen molar-refractivity contribution in [1.82, 2.24) is 4.98 Å². The van der Waals surface area contributed by atoms with Gasteiger partial charge in [-0.15, -0.1) is 0 Å². The van der Waals surface area contributed by atoms with Gasteiger partial charge in [-0.3, -0.25) is 0 Å². The number of aromatic nitrogens is 1. The van der Waals surface area contributed by atoms with E-state index in [1.54, 1.807) is 0 Å². The molecule has 2 aromatic rings. The van der Waals surface area contributed by atoms with Crippen LogP contribution in [0.15, 0.2) is 36.5 Å². The summed E-state index contributed by atoms with van der Waals surface area (Å²) < 4.78 is 18.4. The summed E-state index contributed by atoms with van der Waals surface area (Å²) in [6.07, 6.45) is 1.24. The average Bonchev–Trinajstić information content (AvgIpc) is 2.34. The van der Waals surface area contributed by atoms with Crippen molar-refractivity contribution in [3.63, 3.8) is 0 Å². The number of nitro groups is 1. The second-order valence-electron chi connectivity index (χ2n) is 3.39. The molecule has 0 spiro atoms. The van der Waals surface area contributed by atoms with Gasteiger partial charge < -0.3 is 20.6 Å². The lowest BCUT2D eigenvalue weighted by molar-refractivity contribution is -0.389. The van der Waals surface area contributed by atoms with Crippen LogP contribution in [0.1, 0.15) is 0 Å². The Bertz CT molecular complexity index is 604. The van der Waals surface area contributed by atoms with Crippen LogP contribution in [0.25, 0.3) is 0 Å². The third-order valence-corrected chi connectivity index (χ3v) is 2.11. The number of benzene rings is 1. The highest BCUT2D eigenvalue weighted by atomic mass is 19.1. The molecule has 2 N–H and O–H groups in total. The molecule has 2 rings (SSSR count). The number of hydrogen-bond acceptors (Lipinski definition) is 5. The normalized spacial score (nSPS) is 10.1. The number of halogens is 1. The molecule has 92 valence electrons. The molecule has 0 unspecified atom stereocenters. The monoisotopic (exact) mass is 249 g/mol. The van der Waals surface area contributed by atoms with E-state index < -0.39 is 10.7 Å². The number of rotatable bonds is 3. The van der Waals surface area contributed by atoms with E-state index in [0.29, 0.717) is 0 Å². The first kappa shape index (κ1) is 11.8. The second-order valence-corrected chi connectivity index (χ2v) is 3.39. The zero-order chi connectivity index (χ0) is 13.1. The average molecular weight is 249 g/mol. The largest absolute Gasteiger partial charge is 0.457 e. The lowest BCUT2D eigenvalue weighted by Gasteiger charge is -2.05. The van der Waals surface area contributed by atoms with Gasteiger partial charge in [-0.05, 0) is 22.0 Å². The van der Waals surface area contributed by atoms with Crippen molar-refractivity contribution < 1.29 is 14.1 Å². The van der Waals surface area contributed by atoms with Gasteiger partial charge >= 0.3 is 5.82 Å². The third-order valence-electron chi connectivity index (χ3n) is 2.11. The zero-order valence-corrected chi connectivity index (χ0v) is 9.04. The number of nitrogens with zero attached hydrogens (tertiary/aromatic N) is 2. The molecule has 0 bridgehead atoms. The van der Waals surface area contributed by atoms with E-state index in [0.717, 1.165) is 12.1 Å². The fourth-order valence-electron chi connectivity index (χ4n) is 1.27. The van der Waals surface area contributed by atoms with Crippen LogP contribution in [0.5, 0.6) is 11.5 Å². The molecule has 0 amide bonds. The van der Waals surface area contributed by atoms with Crippen molar-refractivity contribution in [3.05, 3.63) is 52.5 Å². The minimum Gasteiger partial charge on any atom is -0.457 e. The van der Waals surface area contributed by atoms with Gasteiger partial charge in [-0.25, -0.2) is 4.39 Å². The van der Waals surface area contributed by atoms with Crippen LogP contribution in [0, 0.1) is 15.9 Å². The standard InChI is InChI=1S/C11H8FN3O3/c12-9-5-7(1-2-10(9)13)18-8-3-4-14-11(6-8)15(16)17/h1-6H,13H2. The van der Waals surface area contributed by atoms with E-state index in [1.165, 1.54) is 24.4 Å². The van der Waals surface area contributed by atoms with E-state index in [-0.39, 0.29) is 23.0 Å². The topological polar surface area (TPSA) is 91.3 Å². The van der Waals surface area contributed by atoms with Crippen LogP contribution in [0.4, 0.5) is 15.9 Å². The number of hydrogen-bond donors (Lipinski definition) is 1. The summed E-state index contributed by atoms with van der Waals surface area (Å²) >= 11 is 0. The number of nitrogen functional groups attached to an aromatic ring is 1. The molecule has 0 radical (unpaired) electrons.